The molecule has 0 aliphatic carbocycles. The molecule has 1 fully saturated rings. The van der Waals surface area contributed by atoms with Crippen molar-refractivity contribution in [1.29, 1.82) is 0 Å². The lowest BCUT2D eigenvalue weighted by atomic mass is 9.92. The maximum Gasteiger partial charge on any atom is 0.257 e. The number of piperidine rings is 1. The first-order valence-electron chi connectivity index (χ1n) is 8.29. The van der Waals surface area contributed by atoms with Gasteiger partial charge in [0.15, 0.2) is 0 Å². The van der Waals surface area contributed by atoms with Gasteiger partial charge in [0.25, 0.3) is 5.91 Å². The third kappa shape index (κ3) is 3.19. The van der Waals surface area contributed by atoms with Crippen LogP contribution in [0.4, 0.5) is 0 Å². The lowest BCUT2D eigenvalue weighted by Gasteiger charge is -2.39. The van der Waals surface area contributed by atoms with E-state index < -0.39 is 5.60 Å². The van der Waals surface area contributed by atoms with Gasteiger partial charge >= 0.3 is 0 Å². The first kappa shape index (κ1) is 16.6. The fourth-order valence-electron chi connectivity index (χ4n) is 3.36. The maximum absolute atomic E-state index is 12.9. The summed E-state index contributed by atoms with van der Waals surface area (Å²) in [5, 5.41) is 22.9. The van der Waals surface area contributed by atoms with Crippen LogP contribution in [-0.2, 0) is 6.54 Å². The Balaban J connectivity index is 1.75. The lowest BCUT2D eigenvalue weighted by molar-refractivity contribution is -0.0387. The molecule has 1 aliphatic heterocycles. The molecular formula is C16H24N6O2. The molecule has 1 unspecified atom stereocenters. The van der Waals surface area contributed by atoms with Crippen molar-refractivity contribution in [1.82, 2.24) is 29.7 Å². The molecule has 3 heterocycles. The Hall–Kier alpha value is -2.22. The second-order valence-corrected chi connectivity index (χ2v) is 6.84. The highest BCUT2D eigenvalue weighted by atomic mass is 16.3. The molecule has 1 aliphatic rings. The Labute approximate surface area is 141 Å². The van der Waals surface area contributed by atoms with Crippen molar-refractivity contribution >= 4 is 5.91 Å². The maximum atomic E-state index is 12.9. The van der Waals surface area contributed by atoms with Crippen LogP contribution < -0.4 is 0 Å². The fourth-order valence-corrected chi connectivity index (χ4v) is 3.36. The average molecular weight is 332 g/mol. The summed E-state index contributed by atoms with van der Waals surface area (Å²) < 4.78 is 3.45. The molecule has 1 N–H and O–H groups in total. The van der Waals surface area contributed by atoms with Crippen LogP contribution in [0.1, 0.15) is 48.8 Å². The highest BCUT2D eigenvalue weighted by Crippen LogP contribution is 2.25. The number of rotatable bonds is 4. The molecule has 0 radical (unpaired) electrons. The normalized spacial score (nSPS) is 21.5. The molecule has 8 heteroatoms. The van der Waals surface area contributed by atoms with Crippen LogP contribution in [0.3, 0.4) is 0 Å². The lowest BCUT2D eigenvalue weighted by Crippen LogP contribution is -2.52. The first-order chi connectivity index (χ1) is 11.4. The highest BCUT2D eigenvalue weighted by Gasteiger charge is 2.36. The SMILES string of the molecule is Cc1c(C(=O)N2CCCC(O)(Cn3ccnn3)C2)cnn1C(C)C. The van der Waals surface area contributed by atoms with Crippen molar-refractivity contribution in [3.05, 3.63) is 29.8 Å². The van der Waals surface area contributed by atoms with Gasteiger partial charge in [-0.2, -0.15) is 5.10 Å². The van der Waals surface area contributed by atoms with E-state index in [0.717, 1.165) is 12.1 Å². The average Bonchev–Trinajstić information content (AvgIpc) is 3.15. The zero-order valence-corrected chi connectivity index (χ0v) is 14.4. The number of β-amino-alcohol motifs (C(OH)–C–C–N with tert-alkyl or cyclic N) is 1. The zero-order valence-electron chi connectivity index (χ0n) is 14.4. The Morgan fingerprint density at radius 2 is 2.25 bits per heavy atom. The van der Waals surface area contributed by atoms with Gasteiger partial charge in [-0.3, -0.25) is 9.48 Å². The number of aliphatic hydroxyl groups is 1. The number of likely N-dealkylation sites (tertiary alicyclic amines) is 1. The molecule has 1 amide bonds. The molecule has 2 aromatic rings. The van der Waals surface area contributed by atoms with Crippen LogP contribution in [0.15, 0.2) is 18.6 Å². The van der Waals surface area contributed by atoms with E-state index in [9.17, 15) is 9.90 Å². The largest absolute Gasteiger partial charge is 0.386 e. The van der Waals surface area contributed by atoms with Gasteiger partial charge in [0.05, 0.1) is 31.0 Å². The van der Waals surface area contributed by atoms with E-state index in [-0.39, 0.29) is 18.5 Å². The van der Waals surface area contributed by atoms with Crippen LogP contribution in [0.2, 0.25) is 0 Å². The molecule has 1 saturated heterocycles. The molecule has 1 atom stereocenters. The number of carbonyl (C=O) groups excluding carboxylic acids is 1. The van der Waals surface area contributed by atoms with Crippen LogP contribution in [0.5, 0.6) is 0 Å². The number of nitrogens with zero attached hydrogens (tertiary/aromatic N) is 6. The molecule has 3 rings (SSSR count). The first-order valence-corrected chi connectivity index (χ1v) is 8.29. The van der Waals surface area contributed by atoms with E-state index >= 15 is 0 Å². The van der Waals surface area contributed by atoms with Crippen molar-refractivity contribution in [2.45, 2.75) is 51.8 Å². The van der Waals surface area contributed by atoms with Gasteiger partial charge in [-0.15, -0.1) is 5.10 Å². The summed E-state index contributed by atoms with van der Waals surface area (Å²) in [4.78, 5) is 14.6. The Morgan fingerprint density at radius 1 is 1.46 bits per heavy atom. The van der Waals surface area contributed by atoms with Crippen molar-refractivity contribution in [3.8, 4) is 0 Å². The molecular weight excluding hydrogens is 308 g/mol. The smallest absolute Gasteiger partial charge is 0.257 e. The predicted octanol–water partition coefficient (Wildman–Crippen LogP) is 1.03. The summed E-state index contributed by atoms with van der Waals surface area (Å²) in [7, 11) is 0. The number of hydrogen-bond donors (Lipinski definition) is 1. The van der Waals surface area contributed by atoms with Crippen LogP contribution in [-0.4, -0.2) is 59.4 Å². The van der Waals surface area contributed by atoms with Gasteiger partial charge in [-0.05, 0) is 33.6 Å². The van der Waals surface area contributed by atoms with Gasteiger partial charge in [-0.1, -0.05) is 5.21 Å². The van der Waals surface area contributed by atoms with Gasteiger partial charge in [0.1, 0.15) is 5.60 Å². The number of carbonyl (C=O) groups is 1. The van der Waals surface area contributed by atoms with E-state index in [0.29, 0.717) is 25.1 Å². The van der Waals surface area contributed by atoms with E-state index in [1.54, 1.807) is 28.2 Å². The van der Waals surface area contributed by atoms with Crippen molar-refractivity contribution < 1.29 is 9.90 Å². The third-order valence-electron chi connectivity index (χ3n) is 4.54. The zero-order chi connectivity index (χ0) is 17.3. The van der Waals surface area contributed by atoms with Gasteiger partial charge in [-0.25, -0.2) is 4.68 Å². The number of hydrogen-bond acceptors (Lipinski definition) is 5. The number of amides is 1. The van der Waals surface area contributed by atoms with Crippen LogP contribution in [0.25, 0.3) is 0 Å². The van der Waals surface area contributed by atoms with E-state index in [2.05, 4.69) is 15.4 Å². The quantitative estimate of drug-likeness (QED) is 0.903. The van der Waals surface area contributed by atoms with E-state index in [1.165, 1.54) is 0 Å². The molecule has 0 saturated carbocycles. The molecule has 2 aromatic heterocycles. The summed E-state index contributed by atoms with van der Waals surface area (Å²) >= 11 is 0. The minimum Gasteiger partial charge on any atom is -0.386 e. The molecule has 0 aromatic carbocycles. The van der Waals surface area contributed by atoms with Crippen molar-refractivity contribution in [2.24, 2.45) is 0 Å². The van der Waals surface area contributed by atoms with Gasteiger partial charge < -0.3 is 10.0 Å². The summed E-state index contributed by atoms with van der Waals surface area (Å²) in [6.45, 7) is 7.24. The van der Waals surface area contributed by atoms with Gasteiger partial charge in [0, 0.05) is 24.5 Å². The molecule has 130 valence electrons. The molecule has 0 spiro atoms. The minimum absolute atomic E-state index is 0.0730. The minimum atomic E-state index is -0.983. The summed E-state index contributed by atoms with van der Waals surface area (Å²) in [6, 6.07) is 0.206. The highest BCUT2D eigenvalue weighted by molar-refractivity contribution is 5.95. The van der Waals surface area contributed by atoms with E-state index in [1.807, 2.05) is 25.5 Å². The molecule has 24 heavy (non-hydrogen) atoms. The Kier molecular flexibility index (Phi) is 4.40. The summed E-state index contributed by atoms with van der Waals surface area (Å²) in [5.41, 5.74) is 0.484. The topological polar surface area (TPSA) is 89.1 Å². The molecule has 0 bridgehead atoms. The van der Waals surface area contributed by atoms with E-state index in [4.69, 9.17) is 0 Å². The van der Waals surface area contributed by atoms with Crippen molar-refractivity contribution in [3.63, 3.8) is 0 Å². The van der Waals surface area contributed by atoms with Crippen LogP contribution in [0, 0.1) is 6.92 Å². The summed E-state index contributed by atoms with van der Waals surface area (Å²) in [6.07, 6.45) is 6.33. The van der Waals surface area contributed by atoms with Gasteiger partial charge in [0.2, 0.25) is 0 Å². The Bertz CT molecular complexity index is 708. The standard InChI is InChI=1S/C16H24N6O2/c1-12(2)22-13(3)14(9-18-22)15(23)20-7-4-5-16(24,10-20)11-21-8-6-17-19-21/h6,8-9,12,24H,4-5,7,10-11H2,1-3H3. The van der Waals surface area contributed by atoms with Crippen LogP contribution >= 0.6 is 0 Å². The second kappa shape index (κ2) is 6.35. The third-order valence-corrected chi connectivity index (χ3v) is 4.54. The second-order valence-electron chi connectivity index (χ2n) is 6.84. The monoisotopic (exact) mass is 332 g/mol. The summed E-state index contributed by atoms with van der Waals surface area (Å²) in [5.74, 6) is -0.0730. The van der Waals surface area contributed by atoms with Crippen molar-refractivity contribution in [2.75, 3.05) is 13.1 Å². The molecule has 8 nitrogen and oxygen atoms in total. The predicted molar refractivity (Wildman–Crippen MR) is 87.5 cm³/mol. The fraction of sp³-hybridized carbons (Fsp3) is 0.625. The Morgan fingerprint density at radius 3 is 2.88 bits per heavy atom. The number of aromatic nitrogens is 5.